The molecule has 196 valence electrons. The van der Waals surface area contributed by atoms with Crippen LogP contribution >= 0.6 is 0 Å². The molecule has 0 aliphatic heterocycles. The van der Waals surface area contributed by atoms with Gasteiger partial charge in [-0.15, -0.1) is 0 Å². The predicted octanol–water partition coefficient (Wildman–Crippen LogP) is 5.38. The summed E-state index contributed by atoms with van der Waals surface area (Å²) in [5.41, 5.74) is 4.43. The zero-order valence-corrected chi connectivity index (χ0v) is 21.8. The number of carbonyl (C=O) groups excluding carboxylic acids is 2. The molecule has 4 aromatic rings. The molecule has 2 N–H and O–H groups in total. The summed E-state index contributed by atoms with van der Waals surface area (Å²) >= 11 is 0. The van der Waals surface area contributed by atoms with Crippen LogP contribution in [0.3, 0.4) is 0 Å². The van der Waals surface area contributed by atoms with Crippen LogP contribution in [0.5, 0.6) is 0 Å². The zero-order valence-electron chi connectivity index (χ0n) is 21.8. The van der Waals surface area contributed by atoms with E-state index in [1.165, 1.54) is 5.56 Å². The first-order valence-corrected chi connectivity index (χ1v) is 12.7. The van der Waals surface area contributed by atoms with Gasteiger partial charge in [0, 0.05) is 28.9 Å². The molecule has 0 bridgehead atoms. The minimum absolute atomic E-state index is 0.277. The number of anilines is 1. The fourth-order valence-corrected chi connectivity index (χ4v) is 3.94. The molecule has 0 fully saturated rings. The first kappa shape index (κ1) is 26.6. The summed E-state index contributed by atoms with van der Waals surface area (Å²) in [6.45, 7) is 6.57. The number of benzene rings is 3. The fraction of sp³-hybridized carbons (Fsp3) is 0.267. The lowest BCUT2D eigenvalue weighted by Gasteiger charge is -2.15. The zero-order chi connectivity index (χ0) is 26.9. The molecule has 1 amide bonds. The summed E-state index contributed by atoms with van der Waals surface area (Å²) in [4.78, 5) is 28.6. The van der Waals surface area contributed by atoms with Gasteiger partial charge in [-0.3, -0.25) is 4.79 Å². The van der Waals surface area contributed by atoms with Crippen molar-refractivity contribution >= 4 is 17.6 Å². The van der Waals surface area contributed by atoms with Crippen LogP contribution in [0.25, 0.3) is 22.8 Å². The van der Waals surface area contributed by atoms with E-state index in [0.29, 0.717) is 23.2 Å². The van der Waals surface area contributed by atoms with E-state index >= 15 is 0 Å². The molecule has 0 saturated carbocycles. The summed E-state index contributed by atoms with van der Waals surface area (Å²) in [6.07, 6.45) is 0.904. The van der Waals surface area contributed by atoms with Crippen LogP contribution in [0.4, 0.5) is 5.69 Å². The lowest BCUT2D eigenvalue weighted by molar-refractivity contribution is -0.144. The highest BCUT2D eigenvalue weighted by atomic mass is 16.5. The van der Waals surface area contributed by atoms with Gasteiger partial charge in [0.05, 0.1) is 6.61 Å². The third kappa shape index (κ3) is 7.06. The average Bonchev–Trinajstić information content (AvgIpc) is 3.44. The Bertz CT molecular complexity index is 1330. The van der Waals surface area contributed by atoms with E-state index in [0.717, 1.165) is 29.8 Å². The van der Waals surface area contributed by atoms with Crippen molar-refractivity contribution in [2.24, 2.45) is 5.92 Å². The summed E-state index contributed by atoms with van der Waals surface area (Å²) in [5, 5.41) is 10.2. The first-order chi connectivity index (χ1) is 18.4. The van der Waals surface area contributed by atoms with Crippen molar-refractivity contribution in [1.82, 2.24) is 15.5 Å². The maximum atomic E-state index is 12.4. The number of nitrogens with one attached hydrogen (secondary N) is 2. The highest BCUT2D eigenvalue weighted by Gasteiger charge is 2.17. The van der Waals surface area contributed by atoms with Crippen LogP contribution in [0.1, 0.15) is 36.7 Å². The highest BCUT2D eigenvalue weighted by molar-refractivity contribution is 5.96. The van der Waals surface area contributed by atoms with Gasteiger partial charge in [0.1, 0.15) is 6.04 Å². The van der Waals surface area contributed by atoms with Gasteiger partial charge in [0.15, 0.2) is 0 Å². The molecule has 8 nitrogen and oxygen atoms in total. The number of hydrogen-bond acceptors (Lipinski definition) is 7. The Morgan fingerprint density at radius 1 is 0.921 bits per heavy atom. The molecule has 2 atom stereocenters. The molecule has 3 aromatic carbocycles. The van der Waals surface area contributed by atoms with Crippen LogP contribution < -0.4 is 10.6 Å². The summed E-state index contributed by atoms with van der Waals surface area (Å²) in [7, 11) is 0. The van der Waals surface area contributed by atoms with Crippen molar-refractivity contribution in [1.29, 1.82) is 0 Å². The minimum atomic E-state index is -0.700. The van der Waals surface area contributed by atoms with Gasteiger partial charge in [-0.2, -0.15) is 4.98 Å². The van der Waals surface area contributed by atoms with Crippen molar-refractivity contribution in [2.45, 2.75) is 33.2 Å². The Morgan fingerprint density at radius 3 is 2.32 bits per heavy atom. The van der Waals surface area contributed by atoms with Gasteiger partial charge in [-0.25, -0.2) is 4.79 Å². The number of hydrogen-bond donors (Lipinski definition) is 2. The summed E-state index contributed by atoms with van der Waals surface area (Å²) in [5.74, 6) is 0.687. The first-order valence-electron chi connectivity index (χ1n) is 12.7. The number of amides is 1. The third-order valence-corrected chi connectivity index (χ3v) is 6.03. The predicted molar refractivity (Wildman–Crippen MR) is 147 cm³/mol. The van der Waals surface area contributed by atoms with Crippen LogP contribution in [-0.2, 0) is 16.0 Å². The van der Waals surface area contributed by atoms with Crippen molar-refractivity contribution < 1.29 is 18.8 Å². The van der Waals surface area contributed by atoms with E-state index in [1.54, 1.807) is 26.0 Å². The molecule has 0 saturated heterocycles. The molecular formula is C30H32N4O4. The molecule has 0 spiro atoms. The lowest BCUT2D eigenvalue weighted by atomic mass is 10.00. The summed E-state index contributed by atoms with van der Waals surface area (Å²) < 4.78 is 10.3. The van der Waals surface area contributed by atoms with E-state index in [1.807, 2.05) is 54.6 Å². The molecule has 8 heteroatoms. The second-order valence-corrected chi connectivity index (χ2v) is 9.20. The smallest absolute Gasteiger partial charge is 0.328 e. The largest absolute Gasteiger partial charge is 0.464 e. The van der Waals surface area contributed by atoms with Gasteiger partial charge in [-0.05, 0) is 68.1 Å². The molecule has 0 aliphatic carbocycles. The minimum Gasteiger partial charge on any atom is -0.464 e. The Labute approximate surface area is 222 Å². The van der Waals surface area contributed by atoms with E-state index < -0.39 is 12.0 Å². The number of ether oxygens (including phenoxy) is 1. The second-order valence-electron chi connectivity index (χ2n) is 9.20. The maximum absolute atomic E-state index is 12.4. The molecular weight excluding hydrogens is 480 g/mol. The van der Waals surface area contributed by atoms with Gasteiger partial charge in [0.25, 0.3) is 11.8 Å². The quantitative estimate of drug-likeness (QED) is 0.260. The van der Waals surface area contributed by atoms with Gasteiger partial charge in [-0.1, -0.05) is 54.5 Å². The molecule has 1 aromatic heterocycles. The fourth-order valence-electron chi connectivity index (χ4n) is 3.94. The molecule has 38 heavy (non-hydrogen) atoms. The van der Waals surface area contributed by atoms with Gasteiger partial charge >= 0.3 is 5.97 Å². The highest BCUT2D eigenvalue weighted by Crippen LogP contribution is 2.23. The van der Waals surface area contributed by atoms with E-state index in [2.05, 4.69) is 39.8 Å². The molecule has 0 radical (unpaired) electrons. The number of aromatic nitrogens is 2. The number of nitrogens with zero attached hydrogens (tertiary/aromatic N) is 2. The monoisotopic (exact) mass is 512 g/mol. The Balaban J connectivity index is 1.25. The van der Waals surface area contributed by atoms with Crippen LogP contribution in [0.2, 0.25) is 0 Å². The topological polar surface area (TPSA) is 106 Å². The molecule has 1 heterocycles. The Hall–Kier alpha value is -4.46. The number of rotatable bonds is 11. The SMILES string of the molecule is CCOC(=O)[C@@H](C)NC(=O)c1ccc(NCC(C)Cc2ccc(-c3noc(-c4ccccc4)n3)cc2)cc1. The van der Waals surface area contributed by atoms with E-state index in [4.69, 9.17) is 9.26 Å². The Morgan fingerprint density at radius 2 is 1.63 bits per heavy atom. The second kappa shape index (κ2) is 12.7. The van der Waals surface area contributed by atoms with Crippen LogP contribution in [-0.4, -0.2) is 41.2 Å². The number of carbonyl (C=O) groups is 2. The normalized spacial score (nSPS) is 12.4. The van der Waals surface area contributed by atoms with Gasteiger partial charge < -0.3 is 19.9 Å². The molecule has 0 aliphatic rings. The van der Waals surface area contributed by atoms with Crippen LogP contribution in [0, 0.1) is 5.92 Å². The van der Waals surface area contributed by atoms with Crippen molar-refractivity contribution in [3.05, 3.63) is 90.0 Å². The third-order valence-electron chi connectivity index (χ3n) is 6.03. The van der Waals surface area contributed by atoms with Crippen LogP contribution in [0.15, 0.2) is 83.4 Å². The average molecular weight is 513 g/mol. The Kier molecular flexibility index (Phi) is 8.87. The van der Waals surface area contributed by atoms with Crippen molar-refractivity contribution in [2.75, 3.05) is 18.5 Å². The standard InChI is InChI=1S/C30H32N4O4/c1-4-37-30(36)21(3)32-28(35)24-14-16-26(17-15-24)31-19-20(2)18-22-10-12-23(13-11-22)27-33-29(38-34-27)25-8-6-5-7-9-25/h5-17,20-21,31H,4,18-19H2,1-3H3,(H,32,35)/t20?,21-/m1/s1. The van der Waals surface area contributed by atoms with Gasteiger partial charge in [0.2, 0.25) is 5.82 Å². The van der Waals surface area contributed by atoms with E-state index in [9.17, 15) is 9.59 Å². The maximum Gasteiger partial charge on any atom is 0.328 e. The molecule has 4 rings (SSSR count). The van der Waals surface area contributed by atoms with Crippen molar-refractivity contribution in [3.8, 4) is 22.8 Å². The van der Waals surface area contributed by atoms with Crippen molar-refractivity contribution in [3.63, 3.8) is 0 Å². The molecule has 1 unspecified atom stereocenters. The summed E-state index contributed by atoms with van der Waals surface area (Å²) in [6, 6.07) is 24.4. The van der Waals surface area contributed by atoms with E-state index in [-0.39, 0.29) is 12.5 Å². The number of esters is 1. The lowest BCUT2D eigenvalue weighted by Crippen LogP contribution is -2.39.